The van der Waals surface area contributed by atoms with Crippen molar-refractivity contribution in [3.05, 3.63) is 41.5 Å². The fourth-order valence-corrected chi connectivity index (χ4v) is 1.17. The van der Waals surface area contributed by atoms with Crippen molar-refractivity contribution in [3.8, 4) is 0 Å². The van der Waals surface area contributed by atoms with Crippen molar-refractivity contribution in [1.29, 1.82) is 0 Å². The van der Waals surface area contributed by atoms with Gasteiger partial charge in [-0.3, -0.25) is 0 Å². The minimum absolute atomic E-state index is 0.399. The van der Waals surface area contributed by atoms with Crippen molar-refractivity contribution in [2.24, 2.45) is 0 Å². The molecule has 0 saturated heterocycles. The van der Waals surface area contributed by atoms with Crippen LogP contribution in [0.3, 0.4) is 0 Å². The van der Waals surface area contributed by atoms with Gasteiger partial charge in [-0.25, -0.2) is 0 Å². The summed E-state index contributed by atoms with van der Waals surface area (Å²) in [7, 11) is 0. The summed E-state index contributed by atoms with van der Waals surface area (Å²) >= 11 is 0. The molecule has 0 amide bonds. The third kappa shape index (κ3) is 2.56. The molecular formula is C10H6F6. The van der Waals surface area contributed by atoms with E-state index in [0.29, 0.717) is 18.2 Å². The van der Waals surface area contributed by atoms with E-state index in [2.05, 4.69) is 6.58 Å². The lowest BCUT2D eigenvalue weighted by Gasteiger charge is -2.13. The van der Waals surface area contributed by atoms with E-state index < -0.39 is 29.0 Å². The Balaban J connectivity index is 3.34. The monoisotopic (exact) mass is 240 g/mol. The summed E-state index contributed by atoms with van der Waals surface area (Å²) in [5.41, 5.74) is -2.84. The van der Waals surface area contributed by atoms with Crippen LogP contribution < -0.4 is 0 Å². The minimum Gasteiger partial charge on any atom is -0.166 e. The van der Waals surface area contributed by atoms with Gasteiger partial charge in [0.1, 0.15) is 0 Å². The zero-order valence-corrected chi connectivity index (χ0v) is 7.78. The first-order valence-corrected chi connectivity index (χ1v) is 4.07. The summed E-state index contributed by atoms with van der Waals surface area (Å²) in [5.74, 6) is 0. The van der Waals surface area contributed by atoms with Gasteiger partial charge >= 0.3 is 12.4 Å². The summed E-state index contributed by atoms with van der Waals surface area (Å²) in [6, 6.07) is 1.23. The highest BCUT2D eigenvalue weighted by Gasteiger charge is 2.36. The second-order valence-corrected chi connectivity index (χ2v) is 3.00. The highest BCUT2D eigenvalue weighted by molar-refractivity contribution is 5.54. The number of rotatable bonds is 1. The zero-order valence-electron chi connectivity index (χ0n) is 7.78. The van der Waals surface area contributed by atoms with Crippen LogP contribution in [0.4, 0.5) is 26.3 Å². The normalized spacial score (nSPS) is 12.6. The Morgan fingerprint density at radius 3 is 1.88 bits per heavy atom. The molecule has 0 aliphatic rings. The Bertz CT molecular complexity index is 399. The first kappa shape index (κ1) is 12.6. The van der Waals surface area contributed by atoms with Gasteiger partial charge in [0.05, 0.1) is 11.1 Å². The Labute approximate surface area is 87.2 Å². The summed E-state index contributed by atoms with van der Waals surface area (Å²) < 4.78 is 73.7. The summed E-state index contributed by atoms with van der Waals surface area (Å²) in [6.07, 6.45) is -8.60. The van der Waals surface area contributed by atoms with Crippen LogP contribution in [0.2, 0.25) is 0 Å². The molecule has 0 radical (unpaired) electrons. The van der Waals surface area contributed by atoms with E-state index in [1.165, 1.54) is 0 Å². The molecule has 1 rings (SSSR count). The molecule has 0 aliphatic heterocycles. The molecule has 0 spiro atoms. The predicted octanol–water partition coefficient (Wildman–Crippen LogP) is 4.37. The average molecular weight is 240 g/mol. The second-order valence-electron chi connectivity index (χ2n) is 3.00. The molecule has 0 unspecified atom stereocenters. The zero-order chi connectivity index (χ0) is 12.6. The molecule has 0 nitrogen and oxygen atoms in total. The van der Waals surface area contributed by atoms with Crippen LogP contribution in [0, 0.1) is 0 Å². The topological polar surface area (TPSA) is 0 Å². The maximum Gasteiger partial charge on any atom is 0.416 e. The molecule has 0 bridgehead atoms. The molecule has 0 fully saturated rings. The highest BCUT2D eigenvalue weighted by atomic mass is 19.4. The Morgan fingerprint density at radius 1 is 0.938 bits per heavy atom. The van der Waals surface area contributed by atoms with Crippen molar-refractivity contribution in [1.82, 2.24) is 0 Å². The molecule has 6 heteroatoms. The first-order valence-electron chi connectivity index (χ1n) is 4.07. The molecular weight excluding hydrogens is 234 g/mol. The van der Waals surface area contributed by atoms with Crippen molar-refractivity contribution < 1.29 is 26.3 Å². The third-order valence-corrected chi connectivity index (χ3v) is 1.90. The van der Waals surface area contributed by atoms with E-state index in [-0.39, 0.29) is 0 Å². The summed E-state index contributed by atoms with van der Waals surface area (Å²) in [5, 5.41) is 0. The Kier molecular flexibility index (Phi) is 3.03. The van der Waals surface area contributed by atoms with Crippen LogP contribution >= 0.6 is 0 Å². The van der Waals surface area contributed by atoms with Crippen molar-refractivity contribution >= 4 is 6.08 Å². The maximum absolute atomic E-state index is 12.3. The van der Waals surface area contributed by atoms with Gasteiger partial charge in [0, 0.05) is 0 Å². The number of benzene rings is 1. The lowest BCUT2D eigenvalue weighted by molar-refractivity contribution is -0.141. The fourth-order valence-electron chi connectivity index (χ4n) is 1.17. The Morgan fingerprint density at radius 2 is 1.50 bits per heavy atom. The van der Waals surface area contributed by atoms with Crippen molar-refractivity contribution in [2.75, 3.05) is 0 Å². The standard InChI is InChI=1S/C10H6F6/c1-2-6-5-7(9(11,12)13)3-4-8(6)10(14,15)16/h2-5H,1H2. The van der Waals surface area contributed by atoms with Gasteiger partial charge in [0.15, 0.2) is 0 Å². The van der Waals surface area contributed by atoms with Gasteiger partial charge in [0.25, 0.3) is 0 Å². The average Bonchev–Trinajstić information content (AvgIpc) is 2.14. The van der Waals surface area contributed by atoms with Crippen LogP contribution in [0.1, 0.15) is 16.7 Å². The number of alkyl halides is 6. The second kappa shape index (κ2) is 3.84. The van der Waals surface area contributed by atoms with Gasteiger partial charge in [0.2, 0.25) is 0 Å². The van der Waals surface area contributed by atoms with Crippen molar-refractivity contribution in [2.45, 2.75) is 12.4 Å². The van der Waals surface area contributed by atoms with Gasteiger partial charge in [-0.05, 0) is 23.8 Å². The van der Waals surface area contributed by atoms with E-state index in [1.54, 1.807) is 0 Å². The first-order chi connectivity index (χ1) is 7.16. The Hall–Kier alpha value is -1.46. The van der Waals surface area contributed by atoms with E-state index in [4.69, 9.17) is 0 Å². The minimum atomic E-state index is -4.69. The lowest BCUT2D eigenvalue weighted by atomic mass is 10.0. The molecule has 0 N–H and O–H groups in total. The number of hydrogen-bond acceptors (Lipinski definition) is 0. The number of hydrogen-bond donors (Lipinski definition) is 0. The van der Waals surface area contributed by atoms with Gasteiger partial charge in [-0.1, -0.05) is 12.7 Å². The highest BCUT2D eigenvalue weighted by Crippen LogP contribution is 2.36. The maximum atomic E-state index is 12.3. The van der Waals surface area contributed by atoms with Crippen LogP contribution in [0.5, 0.6) is 0 Å². The van der Waals surface area contributed by atoms with Crippen molar-refractivity contribution in [3.63, 3.8) is 0 Å². The summed E-state index contributed by atoms with van der Waals surface area (Å²) in [6.45, 7) is 3.06. The van der Waals surface area contributed by atoms with Gasteiger partial charge in [-0.15, -0.1) is 0 Å². The fraction of sp³-hybridized carbons (Fsp3) is 0.200. The predicted molar refractivity (Wildman–Crippen MR) is 46.5 cm³/mol. The van der Waals surface area contributed by atoms with Crippen LogP contribution in [0.25, 0.3) is 6.08 Å². The molecule has 88 valence electrons. The van der Waals surface area contributed by atoms with E-state index in [1.807, 2.05) is 0 Å². The molecule has 0 atom stereocenters. The molecule has 0 heterocycles. The van der Waals surface area contributed by atoms with Crippen LogP contribution in [-0.2, 0) is 12.4 Å². The molecule has 1 aromatic carbocycles. The lowest BCUT2D eigenvalue weighted by Crippen LogP contribution is -2.11. The van der Waals surface area contributed by atoms with Gasteiger partial charge in [-0.2, -0.15) is 26.3 Å². The van der Waals surface area contributed by atoms with Crippen LogP contribution in [-0.4, -0.2) is 0 Å². The SMILES string of the molecule is C=Cc1cc(C(F)(F)F)ccc1C(F)(F)F. The molecule has 16 heavy (non-hydrogen) atoms. The van der Waals surface area contributed by atoms with E-state index in [9.17, 15) is 26.3 Å². The molecule has 0 saturated carbocycles. The summed E-state index contributed by atoms with van der Waals surface area (Å²) in [4.78, 5) is 0. The molecule has 0 aromatic heterocycles. The molecule has 0 aliphatic carbocycles. The van der Waals surface area contributed by atoms with Gasteiger partial charge < -0.3 is 0 Å². The number of halogens is 6. The van der Waals surface area contributed by atoms with E-state index >= 15 is 0 Å². The van der Waals surface area contributed by atoms with Crippen LogP contribution in [0.15, 0.2) is 24.8 Å². The smallest absolute Gasteiger partial charge is 0.166 e. The largest absolute Gasteiger partial charge is 0.416 e. The third-order valence-electron chi connectivity index (χ3n) is 1.90. The molecule has 1 aromatic rings. The quantitative estimate of drug-likeness (QED) is 0.639. The van der Waals surface area contributed by atoms with E-state index in [0.717, 1.165) is 6.08 Å².